The van der Waals surface area contributed by atoms with E-state index in [-0.39, 0.29) is 0 Å². The van der Waals surface area contributed by atoms with Gasteiger partial charge in [0.2, 0.25) is 6.29 Å². The maximum Gasteiger partial charge on any atom is 0.250 e. The van der Waals surface area contributed by atoms with Crippen molar-refractivity contribution in [3.8, 4) is 0 Å². The van der Waals surface area contributed by atoms with Crippen LogP contribution in [0.2, 0.25) is 0 Å². The Labute approximate surface area is 43.2 Å². The van der Waals surface area contributed by atoms with Gasteiger partial charge in [-0.3, -0.25) is 4.79 Å². The van der Waals surface area contributed by atoms with E-state index in [4.69, 9.17) is 0 Å². The third kappa shape index (κ3) is 1.98. The highest BCUT2D eigenvalue weighted by Gasteiger charge is 1.82. The van der Waals surface area contributed by atoms with Crippen molar-refractivity contribution in [3.63, 3.8) is 0 Å². The van der Waals surface area contributed by atoms with Crippen LogP contribution in [-0.4, -0.2) is 13.3 Å². The van der Waals surface area contributed by atoms with Crippen molar-refractivity contribution in [2.24, 2.45) is 0 Å². The highest BCUT2D eigenvalue weighted by molar-refractivity contribution is 5.72. The number of hydrogen-bond donors (Lipinski definition) is 1. The average Bonchev–Trinajstić information content (AvgIpc) is 1.72. The van der Waals surface area contributed by atoms with E-state index in [2.05, 4.69) is 5.32 Å². The minimum absolute atomic E-state index is 0.500. The fourth-order valence-electron chi connectivity index (χ4n) is 0.254. The summed E-state index contributed by atoms with van der Waals surface area (Å²) in [7, 11) is 1.68. The van der Waals surface area contributed by atoms with E-state index in [9.17, 15) is 4.79 Å². The molecule has 0 fully saturated rings. The molecule has 2 nitrogen and oxygen atoms in total. The second-order valence-electron chi connectivity index (χ2n) is 1.05. The molecule has 0 aliphatic heterocycles. The molecule has 0 rings (SSSR count). The molecule has 0 saturated heterocycles. The number of hydrogen-bond acceptors (Lipinski definition) is 2. The first-order chi connectivity index (χ1) is 3.35. The van der Waals surface area contributed by atoms with Gasteiger partial charge in [-0.2, -0.15) is 0 Å². The monoisotopic (exact) mass is 98.1 g/mol. The zero-order valence-corrected chi connectivity index (χ0v) is 4.49. The number of carbonyl (C=O) groups excluding carboxylic acids is 1. The first-order valence-corrected chi connectivity index (χ1v) is 2.07. The SMILES string of the molecule is C/C=C(\[C]=O)NC. The van der Waals surface area contributed by atoms with Crippen molar-refractivity contribution in [3.05, 3.63) is 11.8 Å². The molecule has 7 heavy (non-hydrogen) atoms. The molecule has 0 heterocycles. The highest BCUT2D eigenvalue weighted by Crippen LogP contribution is 1.75. The lowest BCUT2D eigenvalue weighted by molar-refractivity contribution is 0.559. The highest BCUT2D eigenvalue weighted by atomic mass is 16.1. The van der Waals surface area contributed by atoms with Gasteiger partial charge in [-0.05, 0) is 6.92 Å². The van der Waals surface area contributed by atoms with Crippen LogP contribution >= 0.6 is 0 Å². The molecule has 0 aromatic heterocycles. The second kappa shape index (κ2) is 3.40. The Kier molecular flexibility index (Phi) is 3.02. The molecule has 0 atom stereocenters. The van der Waals surface area contributed by atoms with Crippen LogP contribution in [0.5, 0.6) is 0 Å². The molecule has 0 aliphatic carbocycles. The molecule has 0 bridgehead atoms. The largest absolute Gasteiger partial charge is 0.385 e. The summed E-state index contributed by atoms with van der Waals surface area (Å²) in [6.07, 6.45) is 3.36. The minimum Gasteiger partial charge on any atom is -0.385 e. The summed E-state index contributed by atoms with van der Waals surface area (Å²) in [5.41, 5.74) is 0.500. The standard InChI is InChI=1S/C5H8NO/c1-3-5(4-7)6-2/h3,6H,1-2H3/b5-3+. The van der Waals surface area contributed by atoms with Gasteiger partial charge < -0.3 is 5.32 Å². The van der Waals surface area contributed by atoms with Crippen molar-refractivity contribution in [2.75, 3.05) is 7.05 Å². The van der Waals surface area contributed by atoms with Gasteiger partial charge in [0, 0.05) is 7.05 Å². The summed E-state index contributed by atoms with van der Waals surface area (Å²) in [4.78, 5) is 9.71. The van der Waals surface area contributed by atoms with Gasteiger partial charge in [-0.1, -0.05) is 6.08 Å². The van der Waals surface area contributed by atoms with E-state index in [1.54, 1.807) is 26.3 Å². The summed E-state index contributed by atoms with van der Waals surface area (Å²) in [6.45, 7) is 1.77. The Morgan fingerprint density at radius 3 is 2.43 bits per heavy atom. The van der Waals surface area contributed by atoms with Crippen molar-refractivity contribution >= 4 is 6.29 Å². The van der Waals surface area contributed by atoms with Gasteiger partial charge in [0.25, 0.3) is 0 Å². The maximum absolute atomic E-state index is 9.71. The summed E-state index contributed by atoms with van der Waals surface area (Å²) in [5.74, 6) is 0. The molecule has 1 radical (unpaired) electrons. The Morgan fingerprint density at radius 2 is 2.43 bits per heavy atom. The van der Waals surface area contributed by atoms with Gasteiger partial charge in [0.05, 0.1) is 5.70 Å². The van der Waals surface area contributed by atoms with E-state index in [1.807, 2.05) is 0 Å². The topological polar surface area (TPSA) is 29.1 Å². The number of likely N-dealkylation sites (N-methyl/N-ethyl adjacent to an activating group) is 1. The fourth-order valence-corrected chi connectivity index (χ4v) is 0.254. The van der Waals surface area contributed by atoms with Gasteiger partial charge in [-0.25, -0.2) is 0 Å². The van der Waals surface area contributed by atoms with Crippen LogP contribution in [0.3, 0.4) is 0 Å². The predicted octanol–water partition coefficient (Wildman–Crippen LogP) is 0.219. The number of allylic oxidation sites excluding steroid dienone is 2. The summed E-state index contributed by atoms with van der Waals surface area (Å²) in [5, 5.41) is 2.64. The van der Waals surface area contributed by atoms with Crippen LogP contribution in [0.1, 0.15) is 6.92 Å². The zero-order chi connectivity index (χ0) is 5.70. The summed E-state index contributed by atoms with van der Waals surface area (Å²) >= 11 is 0. The predicted molar refractivity (Wildman–Crippen MR) is 28.5 cm³/mol. The van der Waals surface area contributed by atoms with E-state index < -0.39 is 0 Å². The van der Waals surface area contributed by atoms with E-state index in [1.165, 1.54) is 0 Å². The third-order valence-electron chi connectivity index (χ3n) is 0.668. The van der Waals surface area contributed by atoms with Crippen LogP contribution in [0.4, 0.5) is 0 Å². The fraction of sp³-hybridized carbons (Fsp3) is 0.400. The molecule has 0 saturated carbocycles. The van der Waals surface area contributed by atoms with Crippen LogP contribution < -0.4 is 5.32 Å². The Morgan fingerprint density at radius 1 is 1.86 bits per heavy atom. The molecule has 1 N–H and O–H groups in total. The normalized spacial score (nSPS) is 10.9. The van der Waals surface area contributed by atoms with Gasteiger partial charge in [0.1, 0.15) is 0 Å². The van der Waals surface area contributed by atoms with Crippen molar-refractivity contribution < 1.29 is 4.79 Å². The maximum atomic E-state index is 9.71. The quantitative estimate of drug-likeness (QED) is 0.500. The zero-order valence-electron chi connectivity index (χ0n) is 4.49. The van der Waals surface area contributed by atoms with E-state index in [0.29, 0.717) is 5.70 Å². The Bertz CT molecular complexity index is 86.1. The van der Waals surface area contributed by atoms with Crippen LogP contribution in [0, 0.1) is 0 Å². The first kappa shape index (κ1) is 6.21. The van der Waals surface area contributed by atoms with Gasteiger partial charge in [-0.15, -0.1) is 0 Å². The van der Waals surface area contributed by atoms with Crippen LogP contribution in [0.25, 0.3) is 0 Å². The summed E-state index contributed by atoms with van der Waals surface area (Å²) in [6, 6.07) is 0. The molecule has 0 aromatic rings. The number of rotatable bonds is 2. The molecular weight excluding hydrogens is 90.1 g/mol. The third-order valence-corrected chi connectivity index (χ3v) is 0.668. The van der Waals surface area contributed by atoms with Gasteiger partial charge >= 0.3 is 0 Å². The summed E-state index contributed by atoms with van der Waals surface area (Å²) < 4.78 is 0. The molecule has 0 aliphatic rings. The molecular formula is C5H8NO. The van der Waals surface area contributed by atoms with Crippen molar-refractivity contribution in [1.82, 2.24) is 5.32 Å². The smallest absolute Gasteiger partial charge is 0.250 e. The van der Waals surface area contributed by atoms with E-state index >= 15 is 0 Å². The second-order valence-corrected chi connectivity index (χ2v) is 1.05. The first-order valence-electron chi connectivity index (χ1n) is 2.07. The van der Waals surface area contributed by atoms with Crippen molar-refractivity contribution in [2.45, 2.75) is 6.92 Å². The Balaban J connectivity index is 3.60. The molecule has 0 spiro atoms. The minimum atomic E-state index is 0.500. The Hall–Kier alpha value is -0.790. The van der Waals surface area contributed by atoms with E-state index in [0.717, 1.165) is 0 Å². The molecule has 0 unspecified atom stereocenters. The lowest BCUT2D eigenvalue weighted by atomic mass is 10.4. The lowest BCUT2D eigenvalue weighted by Gasteiger charge is -1.88. The molecule has 0 amide bonds. The lowest BCUT2D eigenvalue weighted by Crippen LogP contribution is -2.05. The molecule has 39 valence electrons. The molecule has 0 aromatic carbocycles. The number of nitrogens with one attached hydrogen (secondary N) is 1. The van der Waals surface area contributed by atoms with Gasteiger partial charge in [0.15, 0.2) is 0 Å². The van der Waals surface area contributed by atoms with Crippen LogP contribution in [0.15, 0.2) is 11.8 Å². The average molecular weight is 98.1 g/mol. The van der Waals surface area contributed by atoms with Crippen LogP contribution in [-0.2, 0) is 4.79 Å². The van der Waals surface area contributed by atoms with Crippen molar-refractivity contribution in [1.29, 1.82) is 0 Å². The molecule has 2 heteroatoms.